The molecule has 2 heterocycles. The fourth-order valence-electron chi connectivity index (χ4n) is 2.13. The van der Waals surface area contributed by atoms with Crippen LogP contribution >= 0.6 is 0 Å². The van der Waals surface area contributed by atoms with Gasteiger partial charge in [0, 0.05) is 24.4 Å². The number of fused-ring (bicyclic) bond motifs is 1. The average Bonchev–Trinajstić information content (AvgIpc) is 2.83. The number of methoxy groups -OCH3 is 2. The first-order valence-electron chi connectivity index (χ1n) is 6.34. The van der Waals surface area contributed by atoms with Crippen LogP contribution in [-0.4, -0.2) is 25.0 Å². The monoisotopic (exact) mass is 283 g/mol. The number of aromatic nitrogens is 1. The van der Waals surface area contributed by atoms with E-state index in [1.54, 1.807) is 37.6 Å². The molecule has 0 saturated heterocycles. The minimum absolute atomic E-state index is 0.218. The molecule has 3 rings (SSSR count). The van der Waals surface area contributed by atoms with Gasteiger partial charge in [0.1, 0.15) is 22.8 Å². The lowest BCUT2D eigenvalue weighted by atomic mass is 10.1. The molecule has 2 aromatic rings. The fraction of sp³-hybridized carbons (Fsp3) is 0.125. The van der Waals surface area contributed by atoms with Gasteiger partial charge in [-0.1, -0.05) is 6.07 Å². The van der Waals surface area contributed by atoms with Gasteiger partial charge in [0.05, 0.1) is 19.9 Å². The molecular weight excluding hydrogens is 270 g/mol. The summed E-state index contributed by atoms with van der Waals surface area (Å²) < 4.78 is 16.0. The van der Waals surface area contributed by atoms with Crippen LogP contribution in [0.3, 0.4) is 0 Å². The molecule has 0 N–H and O–H groups in total. The first kappa shape index (κ1) is 13.2. The highest BCUT2D eigenvalue weighted by Gasteiger charge is 2.32. The zero-order valence-electron chi connectivity index (χ0n) is 11.6. The maximum atomic E-state index is 12.4. The zero-order valence-corrected chi connectivity index (χ0v) is 11.6. The minimum atomic E-state index is -0.227. The molecule has 1 aromatic carbocycles. The number of allylic oxidation sites excluding steroid dienone is 1. The Labute approximate surface area is 121 Å². The number of rotatable bonds is 3. The van der Waals surface area contributed by atoms with Crippen molar-refractivity contribution in [2.45, 2.75) is 0 Å². The lowest BCUT2D eigenvalue weighted by Gasteiger charge is -2.07. The Morgan fingerprint density at radius 2 is 2.05 bits per heavy atom. The van der Waals surface area contributed by atoms with E-state index in [4.69, 9.17) is 14.2 Å². The molecule has 0 atom stereocenters. The van der Waals surface area contributed by atoms with Crippen LogP contribution in [0.25, 0.3) is 6.08 Å². The lowest BCUT2D eigenvalue weighted by molar-refractivity contribution is 0.101. The van der Waals surface area contributed by atoms with Gasteiger partial charge in [0.15, 0.2) is 5.76 Å². The van der Waals surface area contributed by atoms with Gasteiger partial charge in [0.25, 0.3) is 0 Å². The van der Waals surface area contributed by atoms with Crippen LogP contribution in [0.1, 0.15) is 16.1 Å². The molecular formula is C16H13NO4. The van der Waals surface area contributed by atoms with E-state index < -0.39 is 0 Å². The number of pyridine rings is 1. The summed E-state index contributed by atoms with van der Waals surface area (Å²) in [5.41, 5.74) is 1.06. The summed E-state index contributed by atoms with van der Waals surface area (Å²) in [6, 6.07) is 8.76. The highest BCUT2D eigenvalue weighted by atomic mass is 16.5. The summed E-state index contributed by atoms with van der Waals surface area (Å²) in [7, 11) is 3.05. The Balaban J connectivity index is 2.04. The summed E-state index contributed by atoms with van der Waals surface area (Å²) in [5.74, 6) is 1.42. The van der Waals surface area contributed by atoms with Crippen LogP contribution in [0.15, 0.2) is 42.3 Å². The number of Topliss-reactive ketones (excluding diaryl/α,β-unsaturated/α-hetero) is 1. The third-order valence-electron chi connectivity index (χ3n) is 3.13. The van der Waals surface area contributed by atoms with Gasteiger partial charge in [-0.3, -0.25) is 9.78 Å². The number of ether oxygens (including phenoxy) is 3. The van der Waals surface area contributed by atoms with E-state index in [0.29, 0.717) is 28.5 Å². The van der Waals surface area contributed by atoms with Gasteiger partial charge >= 0.3 is 0 Å². The number of ketones is 1. The van der Waals surface area contributed by atoms with Crippen molar-refractivity contribution < 1.29 is 19.0 Å². The van der Waals surface area contributed by atoms with Crippen molar-refractivity contribution in [3.63, 3.8) is 0 Å². The first-order valence-corrected chi connectivity index (χ1v) is 6.34. The topological polar surface area (TPSA) is 57.6 Å². The fourth-order valence-corrected chi connectivity index (χ4v) is 2.13. The van der Waals surface area contributed by atoms with Crippen LogP contribution in [-0.2, 0) is 0 Å². The van der Waals surface area contributed by atoms with Crippen molar-refractivity contribution >= 4 is 11.9 Å². The molecule has 0 radical (unpaired) electrons. The number of carbonyl (C=O) groups is 1. The molecule has 21 heavy (non-hydrogen) atoms. The van der Waals surface area contributed by atoms with Gasteiger partial charge in [-0.2, -0.15) is 0 Å². The highest BCUT2D eigenvalue weighted by molar-refractivity contribution is 6.16. The second kappa shape index (κ2) is 5.28. The predicted molar refractivity (Wildman–Crippen MR) is 76.7 cm³/mol. The largest absolute Gasteiger partial charge is 0.496 e. The smallest absolute Gasteiger partial charge is 0.235 e. The van der Waals surface area contributed by atoms with E-state index in [-0.39, 0.29) is 11.5 Å². The van der Waals surface area contributed by atoms with E-state index >= 15 is 0 Å². The molecule has 1 aliphatic heterocycles. The van der Waals surface area contributed by atoms with Crippen molar-refractivity contribution in [1.29, 1.82) is 0 Å². The molecule has 5 heteroatoms. The molecule has 0 spiro atoms. The van der Waals surface area contributed by atoms with E-state index in [0.717, 1.165) is 0 Å². The summed E-state index contributed by atoms with van der Waals surface area (Å²) in [4.78, 5) is 16.6. The SMILES string of the molecule is COc1cc(OC)c2c(c1)O/C(=C\c1ccccn1)C2=O. The van der Waals surface area contributed by atoms with Crippen molar-refractivity contribution in [2.24, 2.45) is 0 Å². The van der Waals surface area contributed by atoms with Crippen LogP contribution in [0.5, 0.6) is 17.2 Å². The minimum Gasteiger partial charge on any atom is -0.496 e. The van der Waals surface area contributed by atoms with Gasteiger partial charge < -0.3 is 14.2 Å². The second-order valence-corrected chi connectivity index (χ2v) is 4.40. The molecule has 0 unspecified atom stereocenters. The van der Waals surface area contributed by atoms with Gasteiger partial charge in [-0.25, -0.2) is 0 Å². The molecule has 106 valence electrons. The van der Waals surface area contributed by atoms with Gasteiger partial charge in [0.2, 0.25) is 5.78 Å². The van der Waals surface area contributed by atoms with Crippen molar-refractivity contribution in [2.75, 3.05) is 14.2 Å². The van der Waals surface area contributed by atoms with Crippen LogP contribution in [0.2, 0.25) is 0 Å². The molecule has 0 saturated carbocycles. The third kappa shape index (κ3) is 2.33. The molecule has 0 aliphatic carbocycles. The van der Waals surface area contributed by atoms with E-state index in [1.807, 2.05) is 12.1 Å². The predicted octanol–water partition coefficient (Wildman–Crippen LogP) is 2.72. The van der Waals surface area contributed by atoms with Gasteiger partial charge in [-0.05, 0) is 12.1 Å². The zero-order chi connectivity index (χ0) is 14.8. The quantitative estimate of drug-likeness (QED) is 0.811. The van der Waals surface area contributed by atoms with Crippen molar-refractivity contribution in [1.82, 2.24) is 4.98 Å². The number of nitrogens with zero attached hydrogens (tertiary/aromatic N) is 1. The molecule has 5 nitrogen and oxygen atoms in total. The van der Waals surface area contributed by atoms with Crippen LogP contribution in [0, 0.1) is 0 Å². The van der Waals surface area contributed by atoms with Crippen LogP contribution < -0.4 is 14.2 Å². The number of carbonyl (C=O) groups excluding carboxylic acids is 1. The van der Waals surface area contributed by atoms with E-state index in [1.165, 1.54) is 7.11 Å². The average molecular weight is 283 g/mol. The second-order valence-electron chi connectivity index (χ2n) is 4.40. The first-order chi connectivity index (χ1) is 10.2. The molecule has 0 bridgehead atoms. The summed E-state index contributed by atoms with van der Waals surface area (Å²) in [6.45, 7) is 0. The van der Waals surface area contributed by atoms with Crippen molar-refractivity contribution in [3.8, 4) is 17.2 Å². The molecule has 1 aromatic heterocycles. The lowest BCUT2D eigenvalue weighted by Crippen LogP contribution is -2.00. The normalized spacial score (nSPS) is 14.8. The summed E-state index contributed by atoms with van der Waals surface area (Å²) in [6.07, 6.45) is 3.26. The van der Waals surface area contributed by atoms with E-state index in [2.05, 4.69) is 4.98 Å². The number of hydrogen-bond acceptors (Lipinski definition) is 5. The Kier molecular flexibility index (Phi) is 3.31. The third-order valence-corrected chi connectivity index (χ3v) is 3.13. The Morgan fingerprint density at radius 3 is 2.71 bits per heavy atom. The van der Waals surface area contributed by atoms with E-state index in [9.17, 15) is 4.79 Å². The maximum Gasteiger partial charge on any atom is 0.235 e. The maximum absolute atomic E-state index is 12.4. The van der Waals surface area contributed by atoms with Crippen LogP contribution in [0.4, 0.5) is 0 Å². The number of benzene rings is 1. The Hall–Kier alpha value is -2.82. The number of hydrogen-bond donors (Lipinski definition) is 0. The standard InChI is InChI=1S/C16H13NO4/c1-19-11-8-12(20-2)15-13(9-11)21-14(16(15)18)7-10-5-3-4-6-17-10/h3-9H,1-2H3/b14-7-. The molecule has 0 amide bonds. The highest BCUT2D eigenvalue weighted by Crippen LogP contribution is 2.41. The molecule has 0 fully saturated rings. The van der Waals surface area contributed by atoms with Crippen molar-refractivity contribution in [3.05, 3.63) is 53.5 Å². The Bertz CT molecular complexity index is 723. The summed E-state index contributed by atoms with van der Waals surface area (Å²) >= 11 is 0. The Morgan fingerprint density at radius 1 is 1.19 bits per heavy atom. The summed E-state index contributed by atoms with van der Waals surface area (Å²) in [5, 5.41) is 0. The van der Waals surface area contributed by atoms with Gasteiger partial charge in [-0.15, -0.1) is 0 Å². The molecule has 1 aliphatic rings.